The van der Waals surface area contributed by atoms with Crippen molar-refractivity contribution in [1.82, 2.24) is 29.4 Å². The molecule has 40 heavy (non-hydrogen) atoms. The number of sulfonamides is 1. The molecule has 3 aromatic rings. The fraction of sp³-hybridized carbons (Fsp3) is 0.400. The van der Waals surface area contributed by atoms with Crippen LogP contribution in [0.5, 0.6) is 5.75 Å². The quantitative estimate of drug-likeness (QED) is 0.379. The van der Waals surface area contributed by atoms with Gasteiger partial charge < -0.3 is 20.1 Å². The van der Waals surface area contributed by atoms with Crippen LogP contribution in [0.4, 0.5) is 10.1 Å². The molecule has 1 aromatic heterocycles. The Balaban J connectivity index is 1.62. The summed E-state index contributed by atoms with van der Waals surface area (Å²) in [6, 6.07) is 8.55. The monoisotopic (exact) mass is 575 g/mol. The summed E-state index contributed by atoms with van der Waals surface area (Å²) in [6.45, 7) is 3.19. The number of carbonyl (C=O) groups excluding carboxylic acids is 2. The third-order valence-electron chi connectivity index (χ3n) is 6.60. The number of aliphatic hydroxyl groups is 1. The number of nitrogens with one attached hydrogen (secondary N) is 1. The number of rotatable bonds is 9. The highest BCUT2D eigenvalue weighted by Gasteiger charge is 2.35. The molecule has 1 aliphatic rings. The SMILES string of the molecule is C[C@H](CO)N1C[C@H](C)[C@@H](CN(C)S(=O)(=O)c2ccc(F)cc2)Oc2ccc(NC(=O)Cn3cnnn3)cc2C1=O. The molecule has 2 heterocycles. The van der Waals surface area contributed by atoms with Crippen LogP contribution in [0.25, 0.3) is 0 Å². The second-order valence-corrected chi connectivity index (χ2v) is 11.7. The molecule has 0 bridgehead atoms. The number of halogens is 1. The Hall–Kier alpha value is -3.95. The third-order valence-corrected chi connectivity index (χ3v) is 8.44. The molecule has 0 radical (unpaired) electrons. The lowest BCUT2D eigenvalue weighted by Gasteiger charge is -2.38. The number of anilines is 1. The molecule has 2 amide bonds. The van der Waals surface area contributed by atoms with Crippen molar-refractivity contribution in [2.24, 2.45) is 5.92 Å². The van der Waals surface area contributed by atoms with Crippen molar-refractivity contribution in [3.63, 3.8) is 0 Å². The molecule has 214 valence electrons. The molecule has 2 N–H and O–H groups in total. The minimum absolute atomic E-state index is 0.0666. The van der Waals surface area contributed by atoms with Gasteiger partial charge in [0.1, 0.15) is 30.5 Å². The highest BCUT2D eigenvalue weighted by molar-refractivity contribution is 7.89. The number of hydrogen-bond donors (Lipinski definition) is 2. The number of aromatic nitrogens is 4. The average molecular weight is 576 g/mol. The van der Waals surface area contributed by atoms with Crippen molar-refractivity contribution < 1.29 is 32.2 Å². The molecule has 1 aliphatic heterocycles. The molecule has 3 atom stereocenters. The number of tetrazole rings is 1. The summed E-state index contributed by atoms with van der Waals surface area (Å²) in [7, 11) is -2.56. The van der Waals surface area contributed by atoms with Crippen molar-refractivity contribution in [1.29, 1.82) is 0 Å². The lowest BCUT2D eigenvalue weighted by molar-refractivity contribution is -0.116. The van der Waals surface area contributed by atoms with Crippen LogP contribution in [0.3, 0.4) is 0 Å². The van der Waals surface area contributed by atoms with Crippen molar-refractivity contribution >= 4 is 27.5 Å². The van der Waals surface area contributed by atoms with E-state index >= 15 is 0 Å². The molecule has 2 aromatic carbocycles. The Kier molecular flexibility index (Phi) is 8.76. The third kappa shape index (κ3) is 6.43. The van der Waals surface area contributed by atoms with Gasteiger partial charge in [-0.25, -0.2) is 17.5 Å². The van der Waals surface area contributed by atoms with E-state index in [0.717, 1.165) is 16.4 Å². The molecule has 0 spiro atoms. The van der Waals surface area contributed by atoms with Crippen LogP contribution < -0.4 is 10.1 Å². The van der Waals surface area contributed by atoms with Gasteiger partial charge in [-0.2, -0.15) is 4.31 Å². The minimum Gasteiger partial charge on any atom is -0.488 e. The molecule has 4 rings (SSSR count). The Bertz CT molecular complexity index is 1450. The van der Waals surface area contributed by atoms with Crippen LogP contribution in [0, 0.1) is 11.7 Å². The number of nitrogens with zero attached hydrogens (tertiary/aromatic N) is 6. The van der Waals surface area contributed by atoms with Crippen LogP contribution in [-0.2, 0) is 21.4 Å². The maximum Gasteiger partial charge on any atom is 0.258 e. The maximum atomic E-state index is 13.6. The van der Waals surface area contributed by atoms with E-state index in [0.29, 0.717) is 5.69 Å². The van der Waals surface area contributed by atoms with Crippen LogP contribution in [0.2, 0.25) is 0 Å². The lowest BCUT2D eigenvalue weighted by atomic mass is 9.99. The fourth-order valence-corrected chi connectivity index (χ4v) is 5.44. The van der Waals surface area contributed by atoms with Gasteiger partial charge in [-0.3, -0.25) is 9.59 Å². The lowest BCUT2D eigenvalue weighted by Crippen LogP contribution is -2.50. The fourth-order valence-electron chi connectivity index (χ4n) is 4.26. The zero-order valence-electron chi connectivity index (χ0n) is 22.1. The average Bonchev–Trinajstić information content (AvgIpc) is 3.43. The Morgan fingerprint density at radius 1 is 1.27 bits per heavy atom. The number of amides is 2. The smallest absolute Gasteiger partial charge is 0.258 e. The van der Waals surface area contributed by atoms with E-state index in [2.05, 4.69) is 20.8 Å². The van der Waals surface area contributed by atoms with Gasteiger partial charge in [0.15, 0.2) is 0 Å². The molecule has 0 saturated heterocycles. The first-order chi connectivity index (χ1) is 19.0. The summed E-state index contributed by atoms with van der Waals surface area (Å²) in [5, 5.41) is 23.1. The van der Waals surface area contributed by atoms with Crippen molar-refractivity contribution in [2.75, 3.05) is 32.1 Å². The number of aliphatic hydroxyl groups excluding tert-OH is 1. The van der Waals surface area contributed by atoms with Gasteiger partial charge in [0, 0.05) is 25.2 Å². The summed E-state index contributed by atoms with van der Waals surface area (Å²) in [5.74, 6) is -1.53. The summed E-state index contributed by atoms with van der Waals surface area (Å²) in [4.78, 5) is 27.5. The van der Waals surface area contributed by atoms with Crippen LogP contribution in [-0.4, -0.2) is 93.6 Å². The highest BCUT2D eigenvalue weighted by atomic mass is 32.2. The number of ether oxygens (including phenoxy) is 1. The predicted octanol–water partition coefficient (Wildman–Crippen LogP) is 0.992. The second kappa shape index (κ2) is 12.1. The number of hydrogen-bond acceptors (Lipinski definition) is 9. The van der Waals surface area contributed by atoms with Crippen LogP contribution in [0.15, 0.2) is 53.7 Å². The highest BCUT2D eigenvalue weighted by Crippen LogP contribution is 2.31. The van der Waals surface area contributed by atoms with Gasteiger partial charge >= 0.3 is 0 Å². The molecule has 0 saturated carbocycles. The topological polar surface area (TPSA) is 160 Å². The largest absolute Gasteiger partial charge is 0.488 e. The van der Waals surface area contributed by atoms with Crippen LogP contribution >= 0.6 is 0 Å². The normalized spacial score (nSPS) is 18.4. The maximum absolute atomic E-state index is 13.6. The van der Waals surface area contributed by atoms with E-state index in [1.807, 2.05) is 6.92 Å². The van der Waals surface area contributed by atoms with E-state index in [1.54, 1.807) is 13.0 Å². The van der Waals surface area contributed by atoms with E-state index in [-0.39, 0.29) is 48.4 Å². The first-order valence-electron chi connectivity index (χ1n) is 12.4. The number of carbonyl (C=O) groups is 2. The molecule has 0 aliphatic carbocycles. The molecule has 0 unspecified atom stereocenters. The van der Waals surface area contributed by atoms with Crippen molar-refractivity contribution in [3.05, 3.63) is 60.2 Å². The number of likely N-dealkylation sites (N-methyl/N-ethyl adjacent to an activating group) is 1. The second-order valence-electron chi connectivity index (χ2n) is 9.63. The van der Waals surface area contributed by atoms with E-state index < -0.39 is 39.8 Å². The Morgan fingerprint density at radius 3 is 2.65 bits per heavy atom. The van der Waals surface area contributed by atoms with Crippen molar-refractivity contribution in [2.45, 2.75) is 37.4 Å². The summed E-state index contributed by atoms with van der Waals surface area (Å²) in [5.41, 5.74) is 0.466. The molecule has 13 nitrogen and oxygen atoms in total. The molecular formula is C25H30FN7O6S. The minimum atomic E-state index is -3.96. The van der Waals surface area contributed by atoms with E-state index in [9.17, 15) is 27.5 Å². The molecule has 15 heteroatoms. The standard InChI is InChI=1S/C25H30FN7O6S/c1-16-11-33(17(2)14-34)25(36)21-10-19(28-24(35)13-32-15-27-29-30-32)6-9-22(21)39-23(16)12-31(3)40(37,38)20-7-4-18(26)5-8-20/h4-10,15-17,23,34H,11-14H2,1-3H3,(H,28,35)/t16-,17+,23+/m0/s1. The first kappa shape index (κ1) is 29.0. The van der Waals surface area contributed by atoms with Gasteiger partial charge in [-0.15, -0.1) is 5.10 Å². The summed E-state index contributed by atoms with van der Waals surface area (Å²) >= 11 is 0. The van der Waals surface area contributed by atoms with E-state index in [4.69, 9.17) is 4.74 Å². The molecule has 0 fully saturated rings. The van der Waals surface area contributed by atoms with Gasteiger partial charge in [0.25, 0.3) is 5.91 Å². The van der Waals surface area contributed by atoms with Crippen LogP contribution in [0.1, 0.15) is 24.2 Å². The summed E-state index contributed by atoms with van der Waals surface area (Å²) < 4.78 is 48.3. The van der Waals surface area contributed by atoms with Gasteiger partial charge in [-0.05, 0) is 59.8 Å². The van der Waals surface area contributed by atoms with Gasteiger partial charge in [0.2, 0.25) is 15.9 Å². The zero-order chi connectivity index (χ0) is 29.0. The number of benzene rings is 2. The van der Waals surface area contributed by atoms with Gasteiger partial charge in [-0.1, -0.05) is 6.92 Å². The Labute approximate surface area is 230 Å². The molecular weight excluding hydrogens is 545 g/mol. The zero-order valence-corrected chi connectivity index (χ0v) is 23.0. The van der Waals surface area contributed by atoms with Crippen molar-refractivity contribution in [3.8, 4) is 5.75 Å². The first-order valence-corrected chi connectivity index (χ1v) is 13.9. The summed E-state index contributed by atoms with van der Waals surface area (Å²) in [6.07, 6.45) is 0.598. The van der Waals surface area contributed by atoms with Gasteiger partial charge in [0.05, 0.1) is 29.7 Å². The Morgan fingerprint density at radius 2 is 2.00 bits per heavy atom. The predicted molar refractivity (Wildman–Crippen MR) is 140 cm³/mol. The number of fused-ring (bicyclic) bond motifs is 1. The van der Waals surface area contributed by atoms with E-state index in [1.165, 1.54) is 47.2 Å².